The first-order chi connectivity index (χ1) is 3.79. The molecule has 1 aromatic carbocycles. The average molecular weight is 232 g/mol. The lowest BCUT2D eigenvalue weighted by Crippen LogP contribution is -1.98. The van der Waals surface area contributed by atoms with E-state index in [0.29, 0.717) is 0 Å². The van der Waals surface area contributed by atoms with E-state index in [1.807, 2.05) is 0 Å². The van der Waals surface area contributed by atoms with Crippen LogP contribution in [0.25, 0.3) is 0 Å². The lowest BCUT2D eigenvalue weighted by molar-refractivity contribution is 1.69. The van der Waals surface area contributed by atoms with Crippen molar-refractivity contribution in [3.8, 4) is 0 Å². The van der Waals surface area contributed by atoms with Gasteiger partial charge in [0.25, 0.3) is 16.3 Å². The van der Waals surface area contributed by atoms with Gasteiger partial charge in [0, 0.05) is 3.57 Å². The van der Waals surface area contributed by atoms with Gasteiger partial charge in [-0.25, -0.2) is 0 Å². The van der Waals surface area contributed by atoms with Gasteiger partial charge in [-0.15, -0.1) is 4.43 Å². The van der Waals surface area contributed by atoms with Crippen LogP contribution in [-0.2, 0) is 0 Å². The minimum Gasteiger partial charge on any atom is -0.121 e. The summed E-state index contributed by atoms with van der Waals surface area (Å²) in [5.41, 5.74) is 0. The van der Waals surface area contributed by atoms with Crippen LogP contribution in [0.15, 0.2) is 24.3 Å². The molecule has 0 saturated heterocycles. The van der Waals surface area contributed by atoms with E-state index in [4.69, 9.17) is 0 Å². The summed E-state index contributed by atoms with van der Waals surface area (Å²) in [7, 11) is 0. The zero-order valence-electron chi connectivity index (χ0n) is 4.69. The van der Waals surface area contributed by atoms with Crippen LogP contribution < -0.4 is 4.43 Å². The van der Waals surface area contributed by atoms with Gasteiger partial charge >= 0.3 is 0 Å². The molecule has 0 nitrogen and oxygen atoms in total. The number of rotatable bonds is 0. The molecule has 1 aromatic rings. The highest BCUT2D eigenvalue weighted by Crippen LogP contribution is 1.98. The van der Waals surface area contributed by atoms with Crippen molar-refractivity contribution < 1.29 is 0 Å². The summed E-state index contributed by atoms with van der Waals surface area (Å²) in [5, 5.41) is 0. The smallest absolute Gasteiger partial charge is 0.121 e. The van der Waals surface area contributed by atoms with Crippen molar-refractivity contribution in [3.63, 3.8) is 0 Å². The Bertz CT molecular complexity index is 147. The Kier molecular flexibility index (Phi) is 2.36. The summed E-state index contributed by atoms with van der Waals surface area (Å²) in [6, 6.07) is 8.63. The average Bonchev–Trinajstić information content (AvgIpc) is 1.77. The zero-order valence-corrected chi connectivity index (χ0v) is 8.84. The summed E-state index contributed by atoms with van der Waals surface area (Å²) in [4.78, 5) is 0. The monoisotopic (exact) mass is 232 g/mol. The molecule has 40 valence electrons. The molecule has 0 aliphatic heterocycles. The highest BCUT2D eigenvalue weighted by molar-refractivity contribution is 14.1. The predicted octanol–water partition coefficient (Wildman–Crippen LogP) is 0.550. The lowest BCUT2D eigenvalue weighted by atomic mass is 10.4. The Hall–Kier alpha value is 0.482. The summed E-state index contributed by atoms with van der Waals surface area (Å²) >= 11 is 3.48. The molecular formula is C6H6AlI. The SMILES string of the molecule is [AlH2][c]1ccc(I)cc1. The quantitative estimate of drug-likeness (QED) is 0.452. The standard InChI is InChI=1S/C6H4I.Al.2H/c7-6-4-2-1-3-5-6;;;/h2-5H;;;. The second-order valence-corrected chi connectivity index (χ2v) is 4.20. The fourth-order valence-electron chi connectivity index (χ4n) is 0.533. The number of halogens is 1. The number of benzene rings is 1. The Morgan fingerprint density at radius 2 is 1.62 bits per heavy atom. The molecule has 0 aliphatic rings. The van der Waals surface area contributed by atoms with Gasteiger partial charge < -0.3 is 0 Å². The largest absolute Gasteiger partial charge is 0.258 e. The lowest BCUT2D eigenvalue weighted by Gasteiger charge is -1.88. The highest BCUT2D eigenvalue weighted by Gasteiger charge is 1.81. The van der Waals surface area contributed by atoms with E-state index in [9.17, 15) is 0 Å². The van der Waals surface area contributed by atoms with Crippen molar-refractivity contribution in [2.45, 2.75) is 0 Å². The maximum Gasteiger partial charge on any atom is 0.258 e. The molecule has 0 radical (unpaired) electrons. The van der Waals surface area contributed by atoms with Crippen LogP contribution in [0.1, 0.15) is 0 Å². The van der Waals surface area contributed by atoms with Crippen LogP contribution in [0.4, 0.5) is 0 Å². The molecule has 0 spiro atoms. The molecular weight excluding hydrogens is 226 g/mol. The second kappa shape index (κ2) is 2.86. The normalized spacial score (nSPS) is 9.12. The van der Waals surface area contributed by atoms with Crippen molar-refractivity contribution >= 4 is 43.3 Å². The zero-order chi connectivity index (χ0) is 5.98. The first kappa shape index (κ1) is 6.60. The molecule has 1 rings (SSSR count). The van der Waals surface area contributed by atoms with E-state index >= 15 is 0 Å². The van der Waals surface area contributed by atoms with E-state index < -0.39 is 0 Å². The van der Waals surface area contributed by atoms with Crippen molar-refractivity contribution in [3.05, 3.63) is 27.8 Å². The van der Waals surface area contributed by atoms with E-state index in [2.05, 4.69) is 46.9 Å². The summed E-state index contributed by atoms with van der Waals surface area (Å²) < 4.78 is 2.78. The molecule has 0 saturated carbocycles. The third-order valence-electron chi connectivity index (χ3n) is 1.01. The van der Waals surface area contributed by atoms with Crippen LogP contribution in [0.5, 0.6) is 0 Å². The number of hydrogen-bond acceptors (Lipinski definition) is 0. The molecule has 2 heteroatoms. The van der Waals surface area contributed by atoms with Crippen LogP contribution in [0.2, 0.25) is 0 Å². The maximum atomic E-state index is 2.31. The van der Waals surface area contributed by atoms with Gasteiger partial charge in [-0.1, -0.05) is 24.3 Å². The second-order valence-electron chi connectivity index (χ2n) is 1.80. The maximum absolute atomic E-state index is 2.31. The molecule has 0 atom stereocenters. The van der Waals surface area contributed by atoms with E-state index in [1.165, 1.54) is 24.3 Å². The van der Waals surface area contributed by atoms with Gasteiger partial charge in [-0.05, 0) is 22.6 Å². The van der Waals surface area contributed by atoms with Gasteiger partial charge in [0.05, 0.1) is 0 Å². The van der Waals surface area contributed by atoms with Crippen LogP contribution in [-0.4, -0.2) is 16.3 Å². The van der Waals surface area contributed by atoms with Crippen LogP contribution in [0, 0.1) is 3.57 Å². The molecule has 0 fully saturated rings. The van der Waals surface area contributed by atoms with Gasteiger partial charge in [0.15, 0.2) is 0 Å². The van der Waals surface area contributed by atoms with E-state index in [0.717, 1.165) is 0 Å². The fraction of sp³-hybridized carbons (Fsp3) is 0. The third-order valence-corrected chi connectivity index (χ3v) is 2.40. The highest BCUT2D eigenvalue weighted by atomic mass is 127. The van der Waals surface area contributed by atoms with Gasteiger partial charge in [-0.3, -0.25) is 0 Å². The molecule has 0 N–H and O–H groups in total. The molecule has 0 unspecified atom stereocenters. The van der Waals surface area contributed by atoms with E-state index in [-0.39, 0.29) is 0 Å². The Morgan fingerprint density at radius 3 is 2.00 bits per heavy atom. The first-order valence-electron chi connectivity index (χ1n) is 2.51. The number of hydrogen-bond donors (Lipinski definition) is 0. The van der Waals surface area contributed by atoms with Gasteiger partial charge in [0.1, 0.15) is 0 Å². The van der Waals surface area contributed by atoms with E-state index in [1.54, 1.807) is 0 Å². The van der Waals surface area contributed by atoms with Gasteiger partial charge in [-0.2, -0.15) is 0 Å². The topological polar surface area (TPSA) is 0 Å². The van der Waals surface area contributed by atoms with Crippen molar-refractivity contribution in [1.82, 2.24) is 0 Å². The molecule has 0 bridgehead atoms. The third kappa shape index (κ3) is 1.77. The summed E-state index contributed by atoms with van der Waals surface area (Å²) in [6.45, 7) is 0. The molecule has 0 aromatic heterocycles. The minimum atomic E-state index is 1.17. The molecule has 0 heterocycles. The molecule has 8 heavy (non-hydrogen) atoms. The molecule has 0 aliphatic carbocycles. The minimum absolute atomic E-state index is 1.17. The summed E-state index contributed by atoms with van der Waals surface area (Å²) in [6.07, 6.45) is 0. The molecule has 0 amide bonds. The Labute approximate surface area is 70.9 Å². The van der Waals surface area contributed by atoms with Crippen molar-refractivity contribution in [2.24, 2.45) is 0 Å². The van der Waals surface area contributed by atoms with Crippen molar-refractivity contribution in [1.29, 1.82) is 0 Å². The Balaban J connectivity index is 3.03. The fourth-order valence-corrected chi connectivity index (χ4v) is 1.23. The Morgan fingerprint density at radius 1 is 1.12 bits per heavy atom. The first-order valence-corrected chi connectivity index (χ1v) is 4.59. The summed E-state index contributed by atoms with van der Waals surface area (Å²) in [5.74, 6) is 0. The van der Waals surface area contributed by atoms with Crippen LogP contribution in [0.3, 0.4) is 0 Å². The van der Waals surface area contributed by atoms with Gasteiger partial charge in [0.2, 0.25) is 0 Å². The predicted molar refractivity (Wildman–Crippen MR) is 47.3 cm³/mol. The van der Waals surface area contributed by atoms with Crippen LogP contribution >= 0.6 is 22.6 Å². The van der Waals surface area contributed by atoms with Crippen molar-refractivity contribution in [2.75, 3.05) is 0 Å².